The van der Waals surface area contributed by atoms with Crippen LogP contribution in [0.15, 0.2) is 0 Å². The number of hydrogen-bond acceptors (Lipinski definition) is 2. The lowest BCUT2D eigenvalue weighted by Crippen LogP contribution is -2.50. The smallest absolute Gasteiger partial charge is 0.111 e. The highest BCUT2D eigenvalue weighted by Gasteiger charge is 2.26. The van der Waals surface area contributed by atoms with Crippen LogP contribution in [-0.4, -0.2) is 55.4 Å². The SMILES string of the molecule is [B]C1OC([B])C([B])OC1[B]. The lowest BCUT2D eigenvalue weighted by Gasteiger charge is -2.37. The minimum atomic E-state index is -0.685. The normalized spacial score (nSPS) is 48.8. The summed E-state index contributed by atoms with van der Waals surface area (Å²) in [6, 6.07) is -2.74. The van der Waals surface area contributed by atoms with Gasteiger partial charge in [-0.05, 0) is 0 Å². The summed E-state index contributed by atoms with van der Waals surface area (Å²) in [4.78, 5) is 0. The molecule has 0 bridgehead atoms. The zero-order valence-corrected chi connectivity index (χ0v) is 5.44. The van der Waals surface area contributed by atoms with E-state index in [1.165, 1.54) is 0 Å². The molecule has 0 amide bonds. The Morgan fingerprint density at radius 2 is 0.800 bits per heavy atom. The van der Waals surface area contributed by atoms with Crippen LogP contribution < -0.4 is 0 Å². The molecule has 4 atom stereocenters. The lowest BCUT2D eigenvalue weighted by molar-refractivity contribution is -0.110. The Bertz CT molecular complexity index is 95.8. The Labute approximate surface area is 65.7 Å². The molecule has 44 valence electrons. The third-order valence-corrected chi connectivity index (χ3v) is 1.28. The van der Waals surface area contributed by atoms with E-state index in [0.29, 0.717) is 0 Å². The molecule has 0 aromatic rings. The summed E-state index contributed by atoms with van der Waals surface area (Å²) in [6.45, 7) is 0. The Morgan fingerprint density at radius 1 is 0.600 bits per heavy atom. The first-order valence-electron chi connectivity index (χ1n) is 2.94. The molecular weight excluding hydrogens is 123 g/mol. The topological polar surface area (TPSA) is 18.5 Å². The maximum Gasteiger partial charge on any atom is 0.111 e. The first-order chi connectivity index (χ1) is 4.61. The van der Waals surface area contributed by atoms with E-state index in [-0.39, 0.29) is 0 Å². The van der Waals surface area contributed by atoms with E-state index >= 15 is 0 Å². The van der Waals surface area contributed by atoms with Gasteiger partial charge in [-0.15, -0.1) is 0 Å². The summed E-state index contributed by atoms with van der Waals surface area (Å²) < 4.78 is 9.78. The van der Waals surface area contributed by atoms with Crippen LogP contribution in [0.4, 0.5) is 0 Å². The maximum atomic E-state index is 5.32. The predicted octanol–water partition coefficient (Wildman–Crippen LogP) is -1.99. The zero-order chi connectivity index (χ0) is 7.72. The van der Waals surface area contributed by atoms with E-state index in [9.17, 15) is 0 Å². The quantitative estimate of drug-likeness (QED) is 0.351. The van der Waals surface area contributed by atoms with Crippen LogP contribution in [0.25, 0.3) is 0 Å². The van der Waals surface area contributed by atoms with Crippen LogP contribution in [0, 0.1) is 0 Å². The monoisotopic (exact) mass is 128 g/mol. The molecule has 1 aliphatic heterocycles. The van der Waals surface area contributed by atoms with Crippen molar-refractivity contribution in [1.29, 1.82) is 0 Å². The lowest BCUT2D eigenvalue weighted by atomic mass is 9.75. The Hall–Kier alpha value is 0.180. The van der Waals surface area contributed by atoms with Crippen molar-refractivity contribution in [3.8, 4) is 0 Å². The van der Waals surface area contributed by atoms with E-state index in [0.717, 1.165) is 0 Å². The summed E-state index contributed by atoms with van der Waals surface area (Å²) in [5, 5.41) is 0. The molecule has 1 heterocycles. The molecule has 0 aromatic carbocycles. The molecule has 8 radical (unpaired) electrons. The van der Waals surface area contributed by atoms with E-state index in [1.807, 2.05) is 0 Å². The van der Waals surface area contributed by atoms with Gasteiger partial charge in [0.1, 0.15) is 31.4 Å². The van der Waals surface area contributed by atoms with Crippen LogP contribution in [0.1, 0.15) is 0 Å². The molecule has 1 fully saturated rings. The van der Waals surface area contributed by atoms with E-state index < -0.39 is 24.0 Å². The third kappa shape index (κ3) is 1.61. The van der Waals surface area contributed by atoms with Gasteiger partial charge in [0, 0.05) is 24.0 Å². The second-order valence-corrected chi connectivity index (χ2v) is 2.13. The molecule has 0 spiro atoms. The summed E-state index contributed by atoms with van der Waals surface area (Å²) in [6.07, 6.45) is 0. The van der Waals surface area contributed by atoms with Crippen molar-refractivity contribution < 1.29 is 9.47 Å². The van der Waals surface area contributed by atoms with Gasteiger partial charge in [0.25, 0.3) is 0 Å². The number of ether oxygens (including phenoxy) is 2. The third-order valence-electron chi connectivity index (χ3n) is 1.28. The molecule has 2 nitrogen and oxygen atoms in total. The van der Waals surface area contributed by atoms with Crippen molar-refractivity contribution in [2.75, 3.05) is 0 Å². The zero-order valence-electron chi connectivity index (χ0n) is 5.44. The second-order valence-electron chi connectivity index (χ2n) is 2.13. The largest absolute Gasteiger partial charge is 0.391 e. The van der Waals surface area contributed by atoms with Crippen molar-refractivity contribution in [3.05, 3.63) is 0 Å². The van der Waals surface area contributed by atoms with E-state index in [4.69, 9.17) is 40.9 Å². The number of hydrogen-bond donors (Lipinski definition) is 0. The molecule has 0 aromatic heterocycles. The Morgan fingerprint density at radius 3 is 1.00 bits per heavy atom. The van der Waals surface area contributed by atoms with Crippen molar-refractivity contribution in [3.63, 3.8) is 0 Å². The highest BCUT2D eigenvalue weighted by molar-refractivity contribution is 6.23. The highest BCUT2D eigenvalue weighted by Crippen LogP contribution is 2.12. The van der Waals surface area contributed by atoms with Crippen LogP contribution in [0.3, 0.4) is 0 Å². The van der Waals surface area contributed by atoms with Gasteiger partial charge in [-0.25, -0.2) is 0 Å². The highest BCUT2D eigenvalue weighted by atomic mass is 16.6. The fourth-order valence-corrected chi connectivity index (χ4v) is 0.673. The van der Waals surface area contributed by atoms with Crippen LogP contribution in [0.5, 0.6) is 0 Å². The van der Waals surface area contributed by atoms with Crippen molar-refractivity contribution in [2.24, 2.45) is 0 Å². The average molecular weight is 127 g/mol. The van der Waals surface area contributed by atoms with Gasteiger partial charge in [-0.3, -0.25) is 0 Å². The van der Waals surface area contributed by atoms with Gasteiger partial charge in [0.2, 0.25) is 0 Å². The number of rotatable bonds is 0. The predicted molar refractivity (Wildman–Crippen MR) is 40.3 cm³/mol. The Kier molecular flexibility index (Phi) is 2.53. The first kappa shape index (κ1) is 8.28. The molecular formula is C4H4B4O2. The van der Waals surface area contributed by atoms with Crippen LogP contribution >= 0.6 is 0 Å². The fourth-order valence-electron chi connectivity index (χ4n) is 0.673. The molecule has 4 unspecified atom stereocenters. The first-order valence-corrected chi connectivity index (χ1v) is 2.94. The molecule has 6 heteroatoms. The summed E-state index contributed by atoms with van der Waals surface area (Å²) in [7, 11) is 21.3. The summed E-state index contributed by atoms with van der Waals surface area (Å²) >= 11 is 0. The second kappa shape index (κ2) is 3.05. The van der Waals surface area contributed by atoms with Crippen LogP contribution in [0.2, 0.25) is 0 Å². The molecule has 0 N–H and O–H groups in total. The summed E-state index contributed by atoms with van der Waals surface area (Å²) in [5.41, 5.74) is 0. The molecule has 1 aliphatic rings. The minimum Gasteiger partial charge on any atom is -0.391 e. The van der Waals surface area contributed by atoms with E-state index in [1.54, 1.807) is 0 Å². The fraction of sp³-hybridized carbons (Fsp3) is 1.00. The average Bonchev–Trinajstić information content (AvgIpc) is 1.84. The van der Waals surface area contributed by atoms with Gasteiger partial charge in [-0.1, -0.05) is 0 Å². The molecule has 1 saturated heterocycles. The maximum absolute atomic E-state index is 5.32. The van der Waals surface area contributed by atoms with Crippen molar-refractivity contribution in [1.82, 2.24) is 0 Å². The minimum absolute atomic E-state index is 0.685. The van der Waals surface area contributed by atoms with Gasteiger partial charge in [0.05, 0.1) is 0 Å². The van der Waals surface area contributed by atoms with Crippen molar-refractivity contribution >= 4 is 31.4 Å². The van der Waals surface area contributed by atoms with Gasteiger partial charge < -0.3 is 9.47 Å². The van der Waals surface area contributed by atoms with Gasteiger partial charge in [0.15, 0.2) is 0 Å². The van der Waals surface area contributed by atoms with E-state index in [2.05, 4.69) is 0 Å². The van der Waals surface area contributed by atoms with Crippen LogP contribution in [-0.2, 0) is 9.47 Å². The molecule has 0 saturated carbocycles. The van der Waals surface area contributed by atoms with Gasteiger partial charge >= 0.3 is 0 Å². The standard InChI is InChI=1S/C4H4B4O2/c5-1-2(6)10-4(8)3(7)9-1/h1-4H. The van der Waals surface area contributed by atoms with Gasteiger partial charge in [-0.2, -0.15) is 0 Å². The molecule has 0 aliphatic carbocycles. The molecule has 10 heavy (non-hydrogen) atoms. The summed E-state index contributed by atoms with van der Waals surface area (Å²) in [5.74, 6) is 0. The Balaban J connectivity index is 2.46. The molecule has 1 rings (SSSR count). The van der Waals surface area contributed by atoms with Crippen molar-refractivity contribution in [2.45, 2.75) is 24.0 Å².